The average Bonchev–Trinajstić information content (AvgIpc) is 3.44. The highest BCUT2D eigenvalue weighted by atomic mass is 32.1. The van der Waals surface area contributed by atoms with E-state index in [4.69, 9.17) is 31.4 Å². The number of anilines is 1. The highest BCUT2D eigenvalue weighted by Crippen LogP contribution is 2.46. The van der Waals surface area contributed by atoms with Crippen molar-refractivity contribution in [3.8, 4) is 11.5 Å². The number of rotatable bonds is 9. The van der Waals surface area contributed by atoms with E-state index in [0.29, 0.717) is 5.11 Å². The number of nitrogens with one attached hydrogen (secondary N) is 1. The van der Waals surface area contributed by atoms with Crippen molar-refractivity contribution in [2.24, 2.45) is 0 Å². The largest absolute Gasteiger partial charge is 0.497 e. The molecule has 0 radical (unpaired) electrons. The Labute approximate surface area is 230 Å². The van der Waals surface area contributed by atoms with E-state index < -0.39 is 0 Å². The number of hydrogen-bond acceptors (Lipinski definition) is 6. The fraction of sp³-hybridized carbons (Fsp3) is 0.448. The first kappa shape index (κ1) is 26.5. The van der Waals surface area contributed by atoms with Crippen molar-refractivity contribution in [3.63, 3.8) is 0 Å². The van der Waals surface area contributed by atoms with E-state index in [1.54, 1.807) is 14.2 Å². The van der Waals surface area contributed by atoms with Gasteiger partial charge in [-0.2, -0.15) is 0 Å². The predicted molar refractivity (Wildman–Crippen MR) is 153 cm³/mol. The summed E-state index contributed by atoms with van der Waals surface area (Å²) in [6, 6.07) is 13.9. The van der Waals surface area contributed by atoms with Gasteiger partial charge in [-0.1, -0.05) is 6.07 Å². The summed E-state index contributed by atoms with van der Waals surface area (Å²) in [6.07, 6.45) is 2.93. The minimum atomic E-state index is -0.123. The summed E-state index contributed by atoms with van der Waals surface area (Å²) in [5, 5.41) is 4.20. The van der Waals surface area contributed by atoms with Gasteiger partial charge in [-0.3, -0.25) is 9.88 Å². The Morgan fingerprint density at radius 2 is 1.87 bits per heavy atom. The van der Waals surface area contributed by atoms with Crippen LogP contribution in [0.2, 0.25) is 0 Å². The monoisotopic (exact) mass is 535 g/mol. The third-order valence-electron chi connectivity index (χ3n) is 7.63. The Hall–Kier alpha value is -3.14. The quantitative estimate of drug-likeness (QED) is 0.404. The maximum atomic E-state index is 5.96. The molecular weight excluding hydrogens is 498 g/mol. The van der Waals surface area contributed by atoms with Gasteiger partial charge >= 0.3 is 0 Å². The van der Waals surface area contributed by atoms with Crippen LogP contribution in [0, 0.1) is 13.8 Å². The van der Waals surface area contributed by atoms with Crippen LogP contribution in [0.15, 0.2) is 48.7 Å². The van der Waals surface area contributed by atoms with Crippen LogP contribution >= 0.6 is 12.2 Å². The number of nitrogens with zero attached hydrogens (tertiary/aromatic N) is 4. The minimum Gasteiger partial charge on any atom is -0.497 e. The standard InChI is InChI=1S/C29H37N5O3S/c1-20-18-23(21(2)33(20)13-7-12-32-14-16-37-17-15-32)28-27(24-8-5-6-11-30-24)31-29(38)34(28)25-19-22(35-3)9-10-26(25)36-4/h5-6,8-11,18-19,27-28H,7,12-17H2,1-4H3,(H,31,38)/t27-,28+/m0/s1. The van der Waals surface area contributed by atoms with Gasteiger partial charge in [0.1, 0.15) is 11.5 Å². The molecule has 0 saturated carbocycles. The van der Waals surface area contributed by atoms with E-state index in [-0.39, 0.29) is 12.1 Å². The zero-order valence-corrected chi connectivity index (χ0v) is 23.5. The number of morpholine rings is 1. The number of aryl methyl sites for hydroxylation is 1. The molecule has 2 aromatic heterocycles. The summed E-state index contributed by atoms with van der Waals surface area (Å²) in [7, 11) is 3.36. The zero-order chi connectivity index (χ0) is 26.6. The Balaban J connectivity index is 1.52. The topological polar surface area (TPSA) is 64.0 Å². The van der Waals surface area contributed by atoms with Crippen molar-refractivity contribution in [3.05, 3.63) is 71.3 Å². The van der Waals surface area contributed by atoms with Crippen LogP contribution in [0.1, 0.15) is 41.1 Å². The zero-order valence-electron chi connectivity index (χ0n) is 22.6. The Bertz CT molecular complexity index is 1260. The van der Waals surface area contributed by atoms with Crippen LogP contribution < -0.4 is 19.7 Å². The molecular formula is C29H37N5O3S. The smallest absolute Gasteiger partial charge is 0.174 e. The van der Waals surface area contributed by atoms with Crippen LogP contribution in [0.4, 0.5) is 5.69 Å². The second kappa shape index (κ2) is 11.7. The first-order chi connectivity index (χ1) is 18.5. The third-order valence-corrected chi connectivity index (χ3v) is 7.95. The maximum absolute atomic E-state index is 5.96. The molecule has 3 aromatic rings. The molecule has 0 aliphatic carbocycles. The summed E-state index contributed by atoms with van der Waals surface area (Å²) in [4.78, 5) is 9.36. The van der Waals surface area contributed by atoms with Crippen molar-refractivity contribution >= 4 is 23.0 Å². The molecule has 0 unspecified atom stereocenters. The Morgan fingerprint density at radius 1 is 1.05 bits per heavy atom. The van der Waals surface area contributed by atoms with Crippen LogP contribution in [-0.2, 0) is 11.3 Å². The summed E-state index contributed by atoms with van der Waals surface area (Å²) >= 11 is 5.96. The van der Waals surface area contributed by atoms with Crippen LogP contribution in [0.5, 0.6) is 11.5 Å². The number of pyridine rings is 1. The Kier molecular flexibility index (Phi) is 8.16. The van der Waals surface area contributed by atoms with Crippen molar-refractivity contribution in [2.45, 2.75) is 38.9 Å². The molecule has 2 fully saturated rings. The molecule has 1 N–H and O–H groups in total. The van der Waals surface area contributed by atoms with Gasteiger partial charge in [0.25, 0.3) is 0 Å². The lowest BCUT2D eigenvalue weighted by molar-refractivity contribution is 0.0369. The number of ether oxygens (including phenoxy) is 3. The lowest BCUT2D eigenvalue weighted by atomic mass is 9.96. The fourth-order valence-corrected chi connectivity index (χ4v) is 6.00. The lowest BCUT2D eigenvalue weighted by Crippen LogP contribution is -2.37. The number of benzene rings is 1. The van der Waals surface area contributed by atoms with Gasteiger partial charge in [-0.15, -0.1) is 0 Å². The summed E-state index contributed by atoms with van der Waals surface area (Å²) in [5.41, 5.74) is 5.52. The molecule has 2 aliphatic heterocycles. The summed E-state index contributed by atoms with van der Waals surface area (Å²) in [5.74, 6) is 1.48. The third kappa shape index (κ3) is 5.23. The molecule has 0 bridgehead atoms. The van der Waals surface area contributed by atoms with Gasteiger partial charge in [0.05, 0.1) is 50.9 Å². The molecule has 0 spiro atoms. The van der Waals surface area contributed by atoms with Crippen LogP contribution in [-0.4, -0.2) is 66.6 Å². The first-order valence-corrected chi connectivity index (χ1v) is 13.6. The summed E-state index contributed by atoms with van der Waals surface area (Å²) < 4.78 is 19.3. The van der Waals surface area contributed by atoms with Gasteiger partial charge in [-0.25, -0.2) is 0 Å². The normalized spacial score (nSPS) is 20.0. The van der Waals surface area contributed by atoms with E-state index in [2.05, 4.69) is 45.7 Å². The van der Waals surface area contributed by atoms with Crippen LogP contribution in [0.25, 0.3) is 0 Å². The highest BCUT2D eigenvalue weighted by Gasteiger charge is 2.43. The molecule has 9 heteroatoms. The van der Waals surface area contributed by atoms with Gasteiger partial charge in [0, 0.05) is 49.8 Å². The second-order valence-corrected chi connectivity index (χ2v) is 10.2. The number of methoxy groups -OCH3 is 2. The molecule has 0 amide bonds. The van der Waals surface area contributed by atoms with Gasteiger partial charge in [0.15, 0.2) is 5.11 Å². The van der Waals surface area contributed by atoms with E-state index in [0.717, 1.165) is 68.7 Å². The highest BCUT2D eigenvalue weighted by molar-refractivity contribution is 7.80. The molecule has 1 aromatic carbocycles. The molecule has 4 heterocycles. The van der Waals surface area contributed by atoms with Crippen molar-refractivity contribution in [1.82, 2.24) is 19.8 Å². The molecule has 38 heavy (non-hydrogen) atoms. The maximum Gasteiger partial charge on any atom is 0.174 e. The van der Waals surface area contributed by atoms with Gasteiger partial charge in [0.2, 0.25) is 0 Å². The van der Waals surface area contributed by atoms with E-state index in [1.165, 1.54) is 17.0 Å². The fourth-order valence-electron chi connectivity index (χ4n) is 5.66. The molecule has 202 valence electrons. The number of aromatic nitrogens is 2. The molecule has 2 aliphatic rings. The van der Waals surface area contributed by atoms with Gasteiger partial charge < -0.3 is 29.0 Å². The van der Waals surface area contributed by atoms with E-state index in [9.17, 15) is 0 Å². The molecule has 2 atom stereocenters. The Morgan fingerprint density at radius 3 is 2.58 bits per heavy atom. The van der Waals surface area contributed by atoms with Crippen molar-refractivity contribution in [1.29, 1.82) is 0 Å². The molecule has 2 saturated heterocycles. The van der Waals surface area contributed by atoms with Gasteiger partial charge in [-0.05, 0) is 68.4 Å². The minimum absolute atomic E-state index is 0.113. The average molecular weight is 536 g/mol. The number of thiocarbonyl (C=S) groups is 1. The SMILES string of the molecule is COc1ccc(OC)c(N2C(=S)N[C@@H](c3ccccn3)[C@H]2c2cc(C)n(CCCN3CCOCC3)c2C)c1. The van der Waals surface area contributed by atoms with Crippen molar-refractivity contribution in [2.75, 3.05) is 52.0 Å². The van der Waals surface area contributed by atoms with E-state index >= 15 is 0 Å². The molecule has 8 nitrogen and oxygen atoms in total. The summed E-state index contributed by atoms with van der Waals surface area (Å²) in [6.45, 7) is 10.2. The first-order valence-electron chi connectivity index (χ1n) is 13.2. The predicted octanol–water partition coefficient (Wildman–Crippen LogP) is 4.42. The second-order valence-electron chi connectivity index (χ2n) is 9.82. The van der Waals surface area contributed by atoms with Crippen LogP contribution in [0.3, 0.4) is 0 Å². The van der Waals surface area contributed by atoms with Crippen molar-refractivity contribution < 1.29 is 14.2 Å². The van der Waals surface area contributed by atoms with E-state index in [1.807, 2.05) is 36.5 Å². The molecule has 5 rings (SSSR count). The lowest BCUT2D eigenvalue weighted by Gasteiger charge is -2.29. The number of hydrogen-bond donors (Lipinski definition) is 1.